The van der Waals surface area contributed by atoms with Gasteiger partial charge in [-0.25, -0.2) is 0 Å². The Labute approximate surface area is 92.5 Å². The number of rotatable bonds is 1. The van der Waals surface area contributed by atoms with Gasteiger partial charge < -0.3 is 6.92 Å². The summed E-state index contributed by atoms with van der Waals surface area (Å²) in [5.41, 5.74) is 1.07. The van der Waals surface area contributed by atoms with Crippen LogP contribution >= 0.6 is 0 Å². The zero-order valence-electron chi connectivity index (χ0n) is 7.92. The van der Waals surface area contributed by atoms with Gasteiger partial charge in [0.2, 0.25) is 0 Å². The van der Waals surface area contributed by atoms with Crippen LogP contribution in [0.2, 0.25) is 0 Å². The van der Waals surface area contributed by atoms with Crippen LogP contribution in [-0.4, -0.2) is 23.1 Å². The van der Waals surface area contributed by atoms with Gasteiger partial charge in [-0.15, -0.1) is 12.1 Å². The van der Waals surface area contributed by atoms with Gasteiger partial charge in [0.05, 0.1) is 0 Å². The van der Waals surface area contributed by atoms with Crippen molar-refractivity contribution in [1.82, 2.24) is 0 Å². The molecule has 1 aromatic rings. The Morgan fingerprint density at radius 3 is 1.75 bits per heavy atom. The molecule has 0 fully saturated rings. The maximum Gasteiger partial charge on any atom is 2.00 e. The average Bonchev–Trinajstić information content (AvgIpc) is 2.07. The van der Waals surface area contributed by atoms with Crippen molar-refractivity contribution in [3.05, 3.63) is 49.7 Å². The summed E-state index contributed by atoms with van der Waals surface area (Å²) in [7, 11) is 0. The maximum atomic E-state index is 3.72. The van der Waals surface area contributed by atoms with E-state index in [0.29, 0.717) is 0 Å². The summed E-state index contributed by atoms with van der Waals surface area (Å²) in [6.45, 7) is 9.44. The van der Waals surface area contributed by atoms with Gasteiger partial charge in [0.15, 0.2) is 0 Å². The van der Waals surface area contributed by atoms with E-state index in [1.54, 1.807) is 0 Å². The van der Waals surface area contributed by atoms with Crippen LogP contribution in [0.5, 0.6) is 0 Å². The largest absolute Gasteiger partial charge is 2.00 e. The molecule has 62 valence electrons. The first-order valence-electron chi connectivity index (χ1n) is 3.97. The normalized spacial score (nSPS) is 7.50. The molecule has 0 aliphatic heterocycles. The minimum absolute atomic E-state index is 0. The van der Waals surface area contributed by atoms with Gasteiger partial charge in [0.1, 0.15) is 0 Å². The molecule has 0 atom stereocenters. The zero-order valence-corrected chi connectivity index (χ0v) is 9.34. The summed E-state index contributed by atoms with van der Waals surface area (Å²) in [5.74, 6) is 0. The Kier molecular flexibility index (Phi) is 13.0. The van der Waals surface area contributed by atoms with Gasteiger partial charge in [-0.05, 0) is 0 Å². The van der Waals surface area contributed by atoms with Crippen LogP contribution in [0.3, 0.4) is 0 Å². The molecule has 0 aliphatic rings. The summed E-state index contributed by atoms with van der Waals surface area (Å²) in [6.07, 6.45) is 2.28. The Bertz CT molecular complexity index is 156. The molecule has 0 amide bonds. The molecule has 1 heteroatoms. The molecular weight excluding hydrogens is 156 g/mol. The Balaban J connectivity index is 0. The fourth-order valence-electron chi connectivity index (χ4n) is 0.478. The molecule has 12 heavy (non-hydrogen) atoms. The Hall–Kier alpha value is -0.144. The quantitative estimate of drug-likeness (QED) is 0.451. The van der Waals surface area contributed by atoms with E-state index in [2.05, 4.69) is 20.8 Å². The van der Waals surface area contributed by atoms with Gasteiger partial charge >= 0.3 is 23.1 Å². The molecule has 1 aromatic carbocycles. The fraction of sp³-hybridized carbons (Fsp3) is 0.273. The van der Waals surface area contributed by atoms with Crippen LogP contribution in [0.25, 0.3) is 0 Å². The van der Waals surface area contributed by atoms with Crippen LogP contribution in [0.4, 0.5) is 0 Å². The molecule has 0 spiro atoms. The fourth-order valence-corrected chi connectivity index (χ4v) is 0.478. The van der Waals surface area contributed by atoms with Crippen LogP contribution in [0.15, 0.2) is 30.3 Å². The van der Waals surface area contributed by atoms with Crippen molar-refractivity contribution in [3.8, 4) is 0 Å². The first kappa shape index (κ1) is 14.4. The predicted molar refractivity (Wildman–Crippen MR) is 56.9 cm³/mol. The first-order valence-corrected chi connectivity index (χ1v) is 3.97. The standard InChI is InChI=1S/C7H7.C4H9.Mg/c1-7-5-3-2-4-6-7;1-3-4-2;/h2-6H,1H2;1,3-4H2,2H3;/q2*-1;+2. The first-order chi connectivity index (χ1) is 5.31. The van der Waals surface area contributed by atoms with E-state index in [0.717, 1.165) is 12.0 Å². The van der Waals surface area contributed by atoms with Crippen LogP contribution < -0.4 is 0 Å². The molecule has 0 saturated heterocycles. The van der Waals surface area contributed by atoms with E-state index < -0.39 is 0 Å². The Morgan fingerprint density at radius 1 is 1.17 bits per heavy atom. The monoisotopic (exact) mass is 172 g/mol. The van der Waals surface area contributed by atoms with Crippen molar-refractivity contribution in [2.45, 2.75) is 19.8 Å². The summed E-state index contributed by atoms with van der Waals surface area (Å²) in [5, 5.41) is 0. The van der Waals surface area contributed by atoms with Crippen LogP contribution in [-0.2, 0) is 0 Å². The molecule has 0 N–H and O–H groups in total. The van der Waals surface area contributed by atoms with Gasteiger partial charge in [-0.2, -0.15) is 31.0 Å². The minimum atomic E-state index is 0. The molecule has 0 radical (unpaired) electrons. The van der Waals surface area contributed by atoms with Gasteiger partial charge in [0.25, 0.3) is 0 Å². The number of unbranched alkanes of at least 4 members (excludes halogenated alkanes) is 1. The smallest absolute Gasteiger partial charge is 0.343 e. The average molecular weight is 173 g/mol. The molecular formula is C11H16Mg. The van der Waals surface area contributed by atoms with Crippen LogP contribution in [0, 0.1) is 13.8 Å². The second-order valence-corrected chi connectivity index (χ2v) is 2.34. The van der Waals surface area contributed by atoms with Gasteiger partial charge in [-0.1, -0.05) is 19.4 Å². The second-order valence-electron chi connectivity index (χ2n) is 2.34. The van der Waals surface area contributed by atoms with Crippen molar-refractivity contribution in [2.75, 3.05) is 0 Å². The molecule has 0 saturated carbocycles. The van der Waals surface area contributed by atoms with E-state index in [-0.39, 0.29) is 23.1 Å². The summed E-state index contributed by atoms with van der Waals surface area (Å²) < 4.78 is 0. The third-order valence-electron chi connectivity index (χ3n) is 1.20. The third-order valence-corrected chi connectivity index (χ3v) is 1.20. The van der Waals surface area contributed by atoms with Crippen molar-refractivity contribution < 1.29 is 0 Å². The van der Waals surface area contributed by atoms with E-state index in [4.69, 9.17) is 0 Å². The molecule has 0 nitrogen and oxygen atoms in total. The van der Waals surface area contributed by atoms with E-state index in [1.807, 2.05) is 30.3 Å². The molecule has 0 aliphatic carbocycles. The SMILES string of the molecule is [CH2-]CCC.[CH2-]c1ccccc1.[Mg+2]. The summed E-state index contributed by atoms with van der Waals surface area (Å²) >= 11 is 0. The Morgan fingerprint density at radius 2 is 1.58 bits per heavy atom. The minimum Gasteiger partial charge on any atom is -0.343 e. The number of hydrogen-bond donors (Lipinski definition) is 0. The predicted octanol–water partition coefficient (Wildman–Crippen LogP) is 3.11. The number of hydrogen-bond acceptors (Lipinski definition) is 0. The van der Waals surface area contributed by atoms with Crippen molar-refractivity contribution >= 4 is 23.1 Å². The maximum absolute atomic E-state index is 3.72. The third kappa shape index (κ3) is 9.86. The van der Waals surface area contributed by atoms with Crippen LogP contribution in [0.1, 0.15) is 25.3 Å². The molecule has 0 heterocycles. The van der Waals surface area contributed by atoms with Crippen molar-refractivity contribution in [3.63, 3.8) is 0 Å². The van der Waals surface area contributed by atoms with Crippen molar-refractivity contribution in [2.24, 2.45) is 0 Å². The molecule has 0 bridgehead atoms. The summed E-state index contributed by atoms with van der Waals surface area (Å²) in [4.78, 5) is 0. The topological polar surface area (TPSA) is 0 Å². The molecule has 0 aromatic heterocycles. The summed E-state index contributed by atoms with van der Waals surface area (Å²) in [6, 6.07) is 9.87. The van der Waals surface area contributed by atoms with Gasteiger partial charge in [-0.3, -0.25) is 0 Å². The zero-order chi connectivity index (χ0) is 8.53. The number of benzene rings is 1. The molecule has 0 unspecified atom stereocenters. The van der Waals surface area contributed by atoms with E-state index in [1.165, 1.54) is 6.42 Å². The van der Waals surface area contributed by atoms with Gasteiger partial charge in [0, 0.05) is 0 Å². The molecule has 1 rings (SSSR count). The van der Waals surface area contributed by atoms with E-state index in [9.17, 15) is 0 Å². The van der Waals surface area contributed by atoms with E-state index >= 15 is 0 Å². The second kappa shape index (κ2) is 10.9. The van der Waals surface area contributed by atoms with Crippen molar-refractivity contribution in [1.29, 1.82) is 0 Å².